The van der Waals surface area contributed by atoms with E-state index in [9.17, 15) is 8.42 Å². The van der Waals surface area contributed by atoms with Gasteiger partial charge in [0.15, 0.2) is 0 Å². The molecule has 2 rings (SSSR count). The molecule has 20 heavy (non-hydrogen) atoms. The molecule has 1 aromatic carbocycles. The Morgan fingerprint density at radius 2 is 2.05 bits per heavy atom. The molecule has 1 N–H and O–H groups in total. The summed E-state index contributed by atoms with van der Waals surface area (Å²) in [6.07, 6.45) is 3.05. The van der Waals surface area contributed by atoms with E-state index in [0.29, 0.717) is 11.4 Å². The molecule has 1 fully saturated rings. The van der Waals surface area contributed by atoms with Crippen molar-refractivity contribution >= 4 is 26.0 Å². The van der Waals surface area contributed by atoms with Gasteiger partial charge >= 0.3 is 0 Å². The lowest BCUT2D eigenvalue weighted by Crippen LogP contribution is -2.41. The summed E-state index contributed by atoms with van der Waals surface area (Å²) in [5.41, 5.74) is 1.74. The first kappa shape index (κ1) is 15.9. The number of nitrogens with zero attached hydrogens (tertiary/aromatic N) is 1. The molecular formula is C14H21BrN2O2S. The molecule has 0 saturated heterocycles. The topological polar surface area (TPSA) is 49.4 Å². The van der Waals surface area contributed by atoms with Crippen LogP contribution in [-0.2, 0) is 16.6 Å². The summed E-state index contributed by atoms with van der Waals surface area (Å²) >= 11 is 3.47. The fraction of sp³-hybridized carbons (Fsp3) is 0.571. The first-order valence-corrected chi connectivity index (χ1v) is 9.03. The summed E-state index contributed by atoms with van der Waals surface area (Å²) in [5, 5.41) is 3.05. The lowest BCUT2D eigenvalue weighted by Gasteiger charge is -2.34. The fourth-order valence-electron chi connectivity index (χ4n) is 2.38. The maximum atomic E-state index is 12.8. The average molecular weight is 361 g/mol. The molecule has 0 spiro atoms. The van der Waals surface area contributed by atoms with Crippen molar-refractivity contribution in [3.05, 3.63) is 27.7 Å². The van der Waals surface area contributed by atoms with E-state index in [2.05, 4.69) is 21.2 Å². The van der Waals surface area contributed by atoms with Crippen LogP contribution >= 0.6 is 15.9 Å². The van der Waals surface area contributed by atoms with Crippen molar-refractivity contribution in [3.63, 3.8) is 0 Å². The summed E-state index contributed by atoms with van der Waals surface area (Å²) < 4.78 is 27.9. The van der Waals surface area contributed by atoms with E-state index in [1.807, 2.05) is 20.0 Å². The van der Waals surface area contributed by atoms with Crippen LogP contribution in [0.2, 0.25) is 0 Å². The summed E-state index contributed by atoms with van der Waals surface area (Å²) in [5.74, 6) is 0. The summed E-state index contributed by atoms with van der Waals surface area (Å²) in [7, 11) is 0.124. The summed E-state index contributed by atoms with van der Waals surface area (Å²) in [6, 6.07) is 3.90. The predicted octanol–water partition coefficient (Wildman–Crippen LogP) is 2.65. The molecule has 4 nitrogen and oxygen atoms in total. The van der Waals surface area contributed by atoms with Gasteiger partial charge in [0.05, 0.1) is 4.90 Å². The van der Waals surface area contributed by atoms with Gasteiger partial charge in [-0.3, -0.25) is 0 Å². The molecule has 112 valence electrons. The molecule has 0 radical (unpaired) electrons. The smallest absolute Gasteiger partial charge is 0.243 e. The molecular weight excluding hydrogens is 340 g/mol. The lowest BCUT2D eigenvalue weighted by atomic mass is 9.94. The highest BCUT2D eigenvalue weighted by atomic mass is 79.9. The number of hydrogen-bond donors (Lipinski definition) is 1. The maximum absolute atomic E-state index is 12.8. The van der Waals surface area contributed by atoms with E-state index in [0.717, 1.165) is 34.9 Å². The Labute approximate surface area is 129 Å². The Morgan fingerprint density at radius 1 is 1.40 bits per heavy atom. The number of sulfonamides is 1. The SMILES string of the molecule is CNCc1cc(Br)c(C)c(S(=O)(=O)N(C)C2CCC2)c1. The molecule has 1 saturated carbocycles. The monoisotopic (exact) mass is 360 g/mol. The van der Waals surface area contributed by atoms with E-state index >= 15 is 0 Å². The highest BCUT2D eigenvalue weighted by Gasteiger charge is 2.33. The lowest BCUT2D eigenvalue weighted by molar-refractivity contribution is 0.249. The van der Waals surface area contributed by atoms with Gasteiger partial charge in [0.1, 0.15) is 0 Å². The average Bonchev–Trinajstić information content (AvgIpc) is 2.31. The Kier molecular flexibility index (Phi) is 4.89. The predicted molar refractivity (Wildman–Crippen MR) is 84.2 cm³/mol. The van der Waals surface area contributed by atoms with Gasteiger partial charge in [-0.2, -0.15) is 4.31 Å². The third kappa shape index (κ3) is 2.93. The van der Waals surface area contributed by atoms with Crippen molar-refractivity contribution in [1.82, 2.24) is 9.62 Å². The highest BCUT2D eigenvalue weighted by Crippen LogP contribution is 2.32. The molecule has 0 aliphatic heterocycles. The van der Waals surface area contributed by atoms with Crippen LogP contribution in [0.3, 0.4) is 0 Å². The third-order valence-electron chi connectivity index (χ3n) is 3.98. The van der Waals surface area contributed by atoms with Gasteiger partial charge in [-0.05, 0) is 50.1 Å². The summed E-state index contributed by atoms with van der Waals surface area (Å²) in [6.45, 7) is 2.49. The van der Waals surface area contributed by atoms with Crippen LogP contribution in [0.25, 0.3) is 0 Å². The van der Waals surface area contributed by atoms with Gasteiger partial charge in [0.25, 0.3) is 0 Å². The fourth-order valence-corrected chi connectivity index (χ4v) is 4.73. The number of rotatable bonds is 5. The normalized spacial score (nSPS) is 16.4. The van der Waals surface area contributed by atoms with Gasteiger partial charge in [-0.15, -0.1) is 0 Å². The maximum Gasteiger partial charge on any atom is 0.243 e. The molecule has 0 aromatic heterocycles. The van der Waals surface area contributed by atoms with Crippen molar-refractivity contribution < 1.29 is 8.42 Å². The van der Waals surface area contributed by atoms with Crippen molar-refractivity contribution in [3.8, 4) is 0 Å². The van der Waals surface area contributed by atoms with Crippen LogP contribution < -0.4 is 5.32 Å². The van der Waals surface area contributed by atoms with E-state index in [1.165, 1.54) is 4.31 Å². The Hall–Kier alpha value is -0.430. The van der Waals surface area contributed by atoms with Gasteiger partial charge in [-0.25, -0.2) is 8.42 Å². The van der Waals surface area contributed by atoms with E-state index < -0.39 is 10.0 Å². The minimum Gasteiger partial charge on any atom is -0.316 e. The van der Waals surface area contributed by atoms with Gasteiger partial charge in [-0.1, -0.05) is 22.4 Å². The molecule has 0 amide bonds. The molecule has 1 aromatic rings. The number of hydrogen-bond acceptors (Lipinski definition) is 3. The Morgan fingerprint density at radius 3 is 2.55 bits per heavy atom. The van der Waals surface area contributed by atoms with Crippen molar-refractivity contribution in [2.75, 3.05) is 14.1 Å². The van der Waals surface area contributed by atoms with Crippen LogP contribution in [0.1, 0.15) is 30.4 Å². The van der Waals surface area contributed by atoms with Gasteiger partial charge in [0, 0.05) is 24.1 Å². The zero-order valence-corrected chi connectivity index (χ0v) is 14.5. The molecule has 1 aliphatic carbocycles. The van der Waals surface area contributed by atoms with Crippen LogP contribution in [0.15, 0.2) is 21.5 Å². The molecule has 6 heteroatoms. The van der Waals surface area contributed by atoms with Crippen LogP contribution in [-0.4, -0.2) is 32.9 Å². The van der Waals surface area contributed by atoms with Crippen LogP contribution in [0, 0.1) is 6.92 Å². The van der Waals surface area contributed by atoms with Crippen molar-refractivity contribution in [2.24, 2.45) is 0 Å². The summed E-state index contributed by atoms with van der Waals surface area (Å²) in [4.78, 5) is 0.409. The van der Waals surface area contributed by atoms with Gasteiger partial charge in [0.2, 0.25) is 10.0 Å². The zero-order valence-electron chi connectivity index (χ0n) is 12.1. The van der Waals surface area contributed by atoms with E-state index in [1.54, 1.807) is 13.1 Å². The highest BCUT2D eigenvalue weighted by molar-refractivity contribution is 9.10. The molecule has 0 heterocycles. The largest absolute Gasteiger partial charge is 0.316 e. The minimum atomic E-state index is -3.42. The number of halogens is 1. The number of benzene rings is 1. The quantitative estimate of drug-likeness (QED) is 0.877. The van der Waals surface area contributed by atoms with Crippen LogP contribution in [0.5, 0.6) is 0 Å². The van der Waals surface area contributed by atoms with Crippen LogP contribution in [0.4, 0.5) is 0 Å². The number of nitrogens with one attached hydrogen (secondary N) is 1. The minimum absolute atomic E-state index is 0.158. The van der Waals surface area contributed by atoms with E-state index in [4.69, 9.17) is 0 Å². The second-order valence-corrected chi connectivity index (χ2v) is 8.16. The third-order valence-corrected chi connectivity index (χ3v) is 6.84. The van der Waals surface area contributed by atoms with Gasteiger partial charge < -0.3 is 5.32 Å². The molecule has 1 aliphatic rings. The molecule has 0 bridgehead atoms. The second-order valence-electron chi connectivity index (χ2n) is 5.34. The zero-order chi connectivity index (χ0) is 14.9. The first-order valence-electron chi connectivity index (χ1n) is 6.79. The van der Waals surface area contributed by atoms with Crippen molar-refractivity contribution in [2.45, 2.75) is 43.7 Å². The molecule has 0 unspecified atom stereocenters. The Balaban J connectivity index is 2.44. The Bertz CT molecular complexity index is 597. The standard InChI is InChI=1S/C14H21BrN2O2S/c1-10-13(15)7-11(9-16-2)8-14(10)20(18,19)17(3)12-5-4-6-12/h7-8,12,16H,4-6,9H2,1-3H3. The van der Waals surface area contributed by atoms with Crippen molar-refractivity contribution in [1.29, 1.82) is 0 Å². The second kappa shape index (κ2) is 6.13. The molecule has 0 atom stereocenters. The first-order chi connectivity index (χ1) is 9.37. The van der Waals surface area contributed by atoms with E-state index in [-0.39, 0.29) is 6.04 Å².